The van der Waals surface area contributed by atoms with Crippen LogP contribution in [0.25, 0.3) is 0 Å². The van der Waals surface area contributed by atoms with Gasteiger partial charge in [0.2, 0.25) is 0 Å². The van der Waals surface area contributed by atoms with Crippen molar-refractivity contribution in [3.63, 3.8) is 0 Å². The first-order valence-electron chi connectivity index (χ1n) is 6.94. The molecule has 1 atom stereocenters. The molecule has 1 fully saturated rings. The van der Waals surface area contributed by atoms with E-state index in [1.54, 1.807) is 0 Å². The van der Waals surface area contributed by atoms with E-state index >= 15 is 0 Å². The van der Waals surface area contributed by atoms with Crippen molar-refractivity contribution in [2.75, 3.05) is 0 Å². The number of hydrogen-bond donors (Lipinski definition) is 1. The van der Waals surface area contributed by atoms with E-state index in [4.69, 9.17) is 0 Å². The highest BCUT2D eigenvalue weighted by molar-refractivity contribution is 5.32. The Morgan fingerprint density at radius 2 is 1.86 bits per heavy atom. The van der Waals surface area contributed by atoms with E-state index < -0.39 is 23.6 Å². The van der Waals surface area contributed by atoms with Gasteiger partial charge in [0.25, 0.3) is 0 Å². The summed E-state index contributed by atoms with van der Waals surface area (Å²) in [6.07, 6.45) is 0.298. The van der Waals surface area contributed by atoms with Gasteiger partial charge in [0.05, 0.1) is 11.6 Å². The van der Waals surface area contributed by atoms with E-state index in [-0.39, 0.29) is 11.6 Å². The average Bonchev–Trinajstić information content (AvgIpc) is 2.45. The minimum Gasteiger partial charge on any atom is -0.295 e. The fraction of sp³-hybridized carbons (Fsp3) is 0.533. The molecule has 6 heteroatoms. The van der Waals surface area contributed by atoms with Gasteiger partial charge >= 0.3 is 6.18 Å². The summed E-state index contributed by atoms with van der Waals surface area (Å²) in [4.78, 5) is 0. The molecule has 2 nitrogen and oxygen atoms in total. The molecule has 1 N–H and O–H groups in total. The molecule has 1 saturated carbocycles. The Labute approximate surface area is 120 Å². The van der Waals surface area contributed by atoms with Gasteiger partial charge in [-0.1, -0.05) is 25.3 Å². The zero-order chi connectivity index (χ0) is 15.5. The van der Waals surface area contributed by atoms with Gasteiger partial charge in [0.1, 0.15) is 11.9 Å². The molecule has 0 aromatic heterocycles. The van der Waals surface area contributed by atoms with Gasteiger partial charge in [0.15, 0.2) is 0 Å². The molecule has 0 amide bonds. The third kappa shape index (κ3) is 3.94. The summed E-state index contributed by atoms with van der Waals surface area (Å²) >= 11 is 0. The SMILES string of the molecule is N#CC(NC1CCCCC1)c1ccc(F)c(C(F)(F)F)c1. The number of halogens is 4. The molecule has 2 rings (SSSR count). The van der Waals surface area contributed by atoms with Crippen LogP contribution in [-0.4, -0.2) is 6.04 Å². The fourth-order valence-electron chi connectivity index (χ4n) is 2.65. The Hall–Kier alpha value is -1.61. The number of nitriles is 1. The van der Waals surface area contributed by atoms with Gasteiger partial charge in [-0.05, 0) is 30.5 Å². The maximum atomic E-state index is 13.3. The molecule has 0 heterocycles. The molecule has 1 aromatic rings. The fourth-order valence-corrected chi connectivity index (χ4v) is 2.65. The summed E-state index contributed by atoms with van der Waals surface area (Å²) in [6, 6.07) is 3.96. The Morgan fingerprint density at radius 1 is 1.19 bits per heavy atom. The number of nitrogens with one attached hydrogen (secondary N) is 1. The van der Waals surface area contributed by atoms with E-state index in [1.165, 1.54) is 6.07 Å². The van der Waals surface area contributed by atoms with Gasteiger partial charge in [-0.15, -0.1) is 0 Å². The van der Waals surface area contributed by atoms with Gasteiger partial charge in [0, 0.05) is 6.04 Å². The standard InChI is InChI=1S/C15H16F4N2/c16-13-7-6-10(8-12(13)15(17,18)19)14(9-20)21-11-4-2-1-3-5-11/h6-8,11,14,21H,1-5H2. The Kier molecular flexibility index (Phi) is 4.84. The second-order valence-corrected chi connectivity index (χ2v) is 5.30. The predicted molar refractivity (Wildman–Crippen MR) is 69.8 cm³/mol. The molecule has 1 aromatic carbocycles. The average molecular weight is 300 g/mol. The van der Waals surface area contributed by atoms with Crippen LogP contribution in [0.5, 0.6) is 0 Å². The monoisotopic (exact) mass is 300 g/mol. The summed E-state index contributed by atoms with van der Waals surface area (Å²) in [7, 11) is 0. The molecule has 0 bridgehead atoms. The van der Waals surface area contributed by atoms with Gasteiger partial charge in [-0.3, -0.25) is 5.32 Å². The second-order valence-electron chi connectivity index (χ2n) is 5.30. The lowest BCUT2D eigenvalue weighted by molar-refractivity contribution is -0.140. The van der Waals surface area contributed by atoms with Crippen LogP contribution < -0.4 is 5.32 Å². The Morgan fingerprint density at radius 3 is 2.43 bits per heavy atom. The molecule has 0 saturated heterocycles. The van der Waals surface area contributed by atoms with Crippen LogP contribution in [0.4, 0.5) is 17.6 Å². The van der Waals surface area contributed by atoms with Crippen molar-refractivity contribution in [2.45, 2.75) is 50.4 Å². The third-order valence-electron chi connectivity index (χ3n) is 3.77. The lowest BCUT2D eigenvalue weighted by atomic mass is 9.94. The van der Waals surface area contributed by atoms with Crippen LogP contribution >= 0.6 is 0 Å². The first-order chi connectivity index (χ1) is 9.91. The third-order valence-corrected chi connectivity index (χ3v) is 3.77. The van der Waals surface area contributed by atoms with Gasteiger partial charge in [-0.2, -0.15) is 18.4 Å². The first kappa shape index (κ1) is 15.8. The molecule has 0 radical (unpaired) electrons. The van der Waals surface area contributed by atoms with Crippen molar-refractivity contribution in [1.82, 2.24) is 5.32 Å². The van der Waals surface area contributed by atoms with E-state index in [1.807, 2.05) is 6.07 Å². The molecular formula is C15H16F4N2. The predicted octanol–water partition coefficient (Wildman–Crippen LogP) is 4.33. The Bertz CT molecular complexity index is 527. The molecule has 114 valence electrons. The maximum absolute atomic E-state index is 13.3. The van der Waals surface area contributed by atoms with E-state index in [0.29, 0.717) is 0 Å². The molecule has 0 aliphatic heterocycles. The van der Waals surface area contributed by atoms with Gasteiger partial charge in [-0.25, -0.2) is 4.39 Å². The van der Waals surface area contributed by atoms with Crippen molar-refractivity contribution in [3.8, 4) is 6.07 Å². The van der Waals surface area contributed by atoms with Crippen LogP contribution in [0.15, 0.2) is 18.2 Å². The normalized spacial score (nSPS) is 18.2. The summed E-state index contributed by atoms with van der Waals surface area (Å²) < 4.78 is 51.4. The summed E-state index contributed by atoms with van der Waals surface area (Å²) in [5, 5.41) is 12.3. The zero-order valence-electron chi connectivity index (χ0n) is 11.4. The van der Waals surface area contributed by atoms with Crippen LogP contribution in [0, 0.1) is 17.1 Å². The van der Waals surface area contributed by atoms with E-state index in [9.17, 15) is 22.8 Å². The minimum atomic E-state index is -4.76. The minimum absolute atomic E-state index is 0.128. The zero-order valence-corrected chi connectivity index (χ0v) is 11.4. The Balaban J connectivity index is 2.20. The lowest BCUT2D eigenvalue weighted by Crippen LogP contribution is -2.34. The van der Waals surface area contributed by atoms with Gasteiger partial charge < -0.3 is 0 Å². The van der Waals surface area contributed by atoms with Crippen molar-refractivity contribution >= 4 is 0 Å². The maximum Gasteiger partial charge on any atom is 0.419 e. The van der Waals surface area contributed by atoms with Crippen molar-refractivity contribution in [1.29, 1.82) is 5.26 Å². The highest BCUT2D eigenvalue weighted by Gasteiger charge is 2.35. The number of rotatable bonds is 3. The van der Waals surface area contributed by atoms with E-state index in [0.717, 1.165) is 44.2 Å². The number of alkyl halides is 3. The molecule has 1 unspecified atom stereocenters. The van der Waals surface area contributed by atoms with Crippen LogP contribution in [0.1, 0.15) is 49.3 Å². The highest BCUT2D eigenvalue weighted by Crippen LogP contribution is 2.33. The number of hydrogen-bond acceptors (Lipinski definition) is 2. The summed E-state index contributed by atoms with van der Waals surface area (Å²) in [6.45, 7) is 0. The van der Waals surface area contributed by atoms with Crippen LogP contribution in [-0.2, 0) is 6.18 Å². The van der Waals surface area contributed by atoms with Crippen LogP contribution in [0.3, 0.4) is 0 Å². The highest BCUT2D eigenvalue weighted by atomic mass is 19.4. The molecule has 1 aliphatic carbocycles. The molecule has 1 aliphatic rings. The van der Waals surface area contributed by atoms with Crippen molar-refractivity contribution in [2.24, 2.45) is 0 Å². The smallest absolute Gasteiger partial charge is 0.295 e. The topological polar surface area (TPSA) is 35.8 Å². The summed E-state index contributed by atoms with van der Waals surface area (Å²) in [5.41, 5.74) is -1.18. The van der Waals surface area contributed by atoms with Crippen molar-refractivity contribution < 1.29 is 17.6 Å². The number of benzene rings is 1. The largest absolute Gasteiger partial charge is 0.419 e. The quantitative estimate of drug-likeness (QED) is 0.843. The lowest BCUT2D eigenvalue weighted by Gasteiger charge is -2.25. The summed E-state index contributed by atoms with van der Waals surface area (Å²) in [5.74, 6) is -1.32. The first-order valence-corrected chi connectivity index (χ1v) is 6.94. The molecule has 21 heavy (non-hydrogen) atoms. The van der Waals surface area contributed by atoms with Crippen LogP contribution in [0.2, 0.25) is 0 Å². The second kappa shape index (κ2) is 6.44. The molecule has 0 spiro atoms. The number of nitrogens with zero attached hydrogens (tertiary/aromatic N) is 1. The van der Waals surface area contributed by atoms with Crippen molar-refractivity contribution in [3.05, 3.63) is 35.1 Å². The van der Waals surface area contributed by atoms with E-state index in [2.05, 4.69) is 5.32 Å². The molecular weight excluding hydrogens is 284 g/mol.